The predicted octanol–water partition coefficient (Wildman–Crippen LogP) is 4.32. The Hall–Kier alpha value is -1.02. The van der Waals surface area contributed by atoms with Crippen LogP contribution in [0.4, 0.5) is 0 Å². The van der Waals surface area contributed by atoms with Crippen LogP contribution in [0.15, 0.2) is 30.3 Å². The second kappa shape index (κ2) is 8.13. The van der Waals surface area contributed by atoms with E-state index in [0.29, 0.717) is 0 Å². The number of allylic oxidation sites excluding steroid dienone is 1. The van der Waals surface area contributed by atoms with Crippen molar-refractivity contribution in [3.63, 3.8) is 0 Å². The minimum Gasteiger partial charge on any atom is -0.288 e. The number of hydrogen-bond donors (Lipinski definition) is 0. The second-order valence-electron chi connectivity index (χ2n) is 4.02. The molecule has 1 aromatic carbocycles. The standard InChI is InChI=1S/C15H20OS/c1-3-6-14-8-10-15(11-9-14)7-4-5-12-17-13(2)16/h4,7-11H,3,5-6,12H2,1-2H3. The lowest BCUT2D eigenvalue weighted by Crippen LogP contribution is -1.84. The van der Waals surface area contributed by atoms with Crippen molar-refractivity contribution >= 4 is 23.0 Å². The summed E-state index contributed by atoms with van der Waals surface area (Å²) < 4.78 is 0. The highest BCUT2D eigenvalue weighted by atomic mass is 32.2. The van der Waals surface area contributed by atoms with Crippen LogP contribution < -0.4 is 0 Å². The van der Waals surface area contributed by atoms with Crippen LogP contribution in [0.5, 0.6) is 0 Å². The van der Waals surface area contributed by atoms with Gasteiger partial charge in [0.05, 0.1) is 0 Å². The van der Waals surface area contributed by atoms with Crippen LogP contribution in [0.1, 0.15) is 37.8 Å². The third-order valence-electron chi connectivity index (χ3n) is 2.42. The first kappa shape index (κ1) is 14.0. The van der Waals surface area contributed by atoms with Gasteiger partial charge >= 0.3 is 0 Å². The molecule has 0 bridgehead atoms. The van der Waals surface area contributed by atoms with Crippen LogP contribution >= 0.6 is 11.8 Å². The van der Waals surface area contributed by atoms with Gasteiger partial charge in [-0.25, -0.2) is 0 Å². The van der Waals surface area contributed by atoms with Gasteiger partial charge in [-0.1, -0.05) is 61.5 Å². The van der Waals surface area contributed by atoms with E-state index in [9.17, 15) is 4.79 Å². The molecule has 17 heavy (non-hydrogen) atoms. The molecule has 1 aromatic rings. The summed E-state index contributed by atoms with van der Waals surface area (Å²) in [4.78, 5) is 10.7. The van der Waals surface area contributed by atoms with Gasteiger partial charge in [0.2, 0.25) is 0 Å². The van der Waals surface area contributed by atoms with Crippen LogP contribution in [0.2, 0.25) is 0 Å². The van der Waals surface area contributed by atoms with Gasteiger partial charge in [0.1, 0.15) is 0 Å². The average molecular weight is 248 g/mol. The van der Waals surface area contributed by atoms with Crippen molar-refractivity contribution in [3.8, 4) is 0 Å². The van der Waals surface area contributed by atoms with Gasteiger partial charge in [-0.3, -0.25) is 4.79 Å². The Kier molecular flexibility index (Phi) is 6.71. The fraction of sp³-hybridized carbons (Fsp3) is 0.400. The average Bonchev–Trinajstić information content (AvgIpc) is 2.31. The Morgan fingerprint density at radius 3 is 2.59 bits per heavy atom. The molecule has 0 aliphatic rings. The Morgan fingerprint density at radius 1 is 1.29 bits per heavy atom. The minimum absolute atomic E-state index is 0.197. The number of thioether (sulfide) groups is 1. The minimum atomic E-state index is 0.197. The van der Waals surface area contributed by atoms with Crippen LogP contribution in [0.25, 0.3) is 6.08 Å². The van der Waals surface area contributed by atoms with Gasteiger partial charge < -0.3 is 0 Å². The Morgan fingerprint density at radius 2 is 2.00 bits per heavy atom. The SMILES string of the molecule is CCCc1ccc(C=CCCSC(C)=O)cc1. The molecule has 0 heterocycles. The Labute approximate surface area is 108 Å². The van der Waals surface area contributed by atoms with E-state index in [4.69, 9.17) is 0 Å². The molecule has 0 N–H and O–H groups in total. The van der Waals surface area contributed by atoms with Crippen LogP contribution in [0.3, 0.4) is 0 Å². The Balaban J connectivity index is 2.35. The summed E-state index contributed by atoms with van der Waals surface area (Å²) in [6.07, 6.45) is 7.54. The first-order chi connectivity index (χ1) is 8.22. The van der Waals surface area contributed by atoms with E-state index in [1.54, 1.807) is 6.92 Å². The monoisotopic (exact) mass is 248 g/mol. The largest absolute Gasteiger partial charge is 0.288 e. The molecule has 0 aliphatic heterocycles. The predicted molar refractivity (Wildman–Crippen MR) is 77.2 cm³/mol. The van der Waals surface area contributed by atoms with Crippen LogP contribution in [0, 0.1) is 0 Å². The van der Waals surface area contributed by atoms with E-state index < -0.39 is 0 Å². The molecule has 1 nitrogen and oxygen atoms in total. The van der Waals surface area contributed by atoms with Crippen LogP contribution in [-0.4, -0.2) is 10.9 Å². The smallest absolute Gasteiger partial charge is 0.185 e. The summed E-state index contributed by atoms with van der Waals surface area (Å²) in [5.74, 6) is 0.875. The number of carbonyl (C=O) groups excluding carboxylic acids is 1. The molecule has 0 saturated heterocycles. The fourth-order valence-corrected chi connectivity index (χ4v) is 2.12. The lowest BCUT2D eigenvalue weighted by atomic mass is 10.1. The van der Waals surface area contributed by atoms with Crippen molar-refractivity contribution in [2.24, 2.45) is 0 Å². The molecule has 0 amide bonds. The van der Waals surface area contributed by atoms with Gasteiger partial charge in [0.15, 0.2) is 5.12 Å². The number of benzene rings is 1. The maximum absolute atomic E-state index is 10.7. The third kappa shape index (κ3) is 6.32. The molecular formula is C15H20OS. The van der Waals surface area contributed by atoms with Gasteiger partial charge in [-0.15, -0.1) is 0 Å². The van der Waals surface area contributed by atoms with Crippen molar-refractivity contribution in [1.82, 2.24) is 0 Å². The van der Waals surface area contributed by atoms with E-state index in [1.165, 1.54) is 29.3 Å². The first-order valence-corrected chi connectivity index (χ1v) is 7.09. The highest BCUT2D eigenvalue weighted by Crippen LogP contribution is 2.09. The first-order valence-electron chi connectivity index (χ1n) is 6.11. The molecule has 0 aliphatic carbocycles. The van der Waals surface area contributed by atoms with Crippen molar-refractivity contribution < 1.29 is 4.79 Å². The van der Waals surface area contributed by atoms with Crippen molar-refractivity contribution in [2.45, 2.75) is 33.1 Å². The fourth-order valence-electron chi connectivity index (χ4n) is 1.57. The maximum Gasteiger partial charge on any atom is 0.185 e. The zero-order valence-corrected chi connectivity index (χ0v) is 11.4. The second-order valence-corrected chi connectivity index (χ2v) is 5.29. The van der Waals surface area contributed by atoms with Crippen molar-refractivity contribution in [3.05, 3.63) is 41.5 Å². The summed E-state index contributed by atoms with van der Waals surface area (Å²) in [6.45, 7) is 3.81. The van der Waals surface area contributed by atoms with Gasteiger partial charge in [0, 0.05) is 12.7 Å². The third-order valence-corrected chi connectivity index (χ3v) is 3.26. The molecule has 92 valence electrons. The van der Waals surface area contributed by atoms with Gasteiger partial charge in [-0.05, 0) is 24.0 Å². The number of aryl methyl sites for hydroxylation is 1. The highest BCUT2D eigenvalue weighted by Gasteiger charge is 1.92. The highest BCUT2D eigenvalue weighted by molar-refractivity contribution is 8.13. The number of carbonyl (C=O) groups is 1. The van der Waals surface area contributed by atoms with Crippen LogP contribution in [-0.2, 0) is 11.2 Å². The zero-order valence-electron chi connectivity index (χ0n) is 10.6. The summed E-state index contributed by atoms with van der Waals surface area (Å²) in [6, 6.07) is 8.68. The van der Waals surface area contributed by atoms with Gasteiger partial charge in [0.25, 0.3) is 0 Å². The number of rotatable bonds is 6. The lowest BCUT2D eigenvalue weighted by Gasteiger charge is -1.99. The van der Waals surface area contributed by atoms with Crippen molar-refractivity contribution in [1.29, 1.82) is 0 Å². The molecule has 0 radical (unpaired) electrons. The van der Waals surface area contributed by atoms with E-state index >= 15 is 0 Å². The Bertz CT molecular complexity index is 365. The normalized spacial score (nSPS) is 10.9. The molecule has 0 atom stereocenters. The van der Waals surface area contributed by atoms with E-state index in [0.717, 1.165) is 18.6 Å². The topological polar surface area (TPSA) is 17.1 Å². The van der Waals surface area contributed by atoms with Gasteiger partial charge in [-0.2, -0.15) is 0 Å². The molecule has 1 rings (SSSR count). The zero-order chi connectivity index (χ0) is 12.5. The summed E-state index contributed by atoms with van der Waals surface area (Å²) in [7, 11) is 0. The van der Waals surface area contributed by atoms with E-state index in [1.807, 2.05) is 0 Å². The number of hydrogen-bond acceptors (Lipinski definition) is 2. The molecule has 2 heteroatoms. The quantitative estimate of drug-likeness (QED) is 0.697. The van der Waals surface area contributed by atoms with E-state index in [2.05, 4.69) is 43.3 Å². The summed E-state index contributed by atoms with van der Waals surface area (Å²) in [5.41, 5.74) is 2.63. The molecule has 0 spiro atoms. The van der Waals surface area contributed by atoms with E-state index in [-0.39, 0.29) is 5.12 Å². The molecule has 0 unspecified atom stereocenters. The lowest BCUT2D eigenvalue weighted by molar-refractivity contribution is -0.109. The molecule has 0 fully saturated rings. The van der Waals surface area contributed by atoms with Crippen molar-refractivity contribution in [2.75, 3.05) is 5.75 Å². The maximum atomic E-state index is 10.7. The molecular weight excluding hydrogens is 228 g/mol. The molecule has 0 aromatic heterocycles. The summed E-state index contributed by atoms with van der Waals surface area (Å²) >= 11 is 1.39. The summed E-state index contributed by atoms with van der Waals surface area (Å²) in [5, 5.41) is 0.197. The molecule has 0 saturated carbocycles.